The van der Waals surface area contributed by atoms with Gasteiger partial charge in [-0.25, -0.2) is 0 Å². The number of carboxylic acid groups (broad SMARTS) is 1. The molecule has 7 atom stereocenters. The second-order valence-electron chi connectivity index (χ2n) is 16.2. The maximum absolute atomic E-state index is 14.4. The van der Waals surface area contributed by atoms with Gasteiger partial charge in [0.05, 0.1) is 16.9 Å². The van der Waals surface area contributed by atoms with Crippen LogP contribution in [0.4, 0.5) is 11.4 Å². The fourth-order valence-corrected chi connectivity index (χ4v) is 10.6. The van der Waals surface area contributed by atoms with Gasteiger partial charge >= 0.3 is 5.97 Å². The lowest BCUT2D eigenvalue weighted by molar-refractivity contribution is -0.150. The molecule has 9 nitrogen and oxygen atoms in total. The van der Waals surface area contributed by atoms with Crippen LogP contribution in [0, 0.1) is 22.7 Å². The Labute approximate surface area is 284 Å². The van der Waals surface area contributed by atoms with E-state index < -0.39 is 28.7 Å². The SMILES string of the molecule is C[C@]1(C(=O)NC(=O)[C@@]2(C)CCC[C@]3(C)c4cc(N)ccc4CC[C@@H]23)CCC[C@]2(C)c3cc(NC(=O)[C@@H](N)CCC(=O)O)ccc3CCC12. The lowest BCUT2D eigenvalue weighted by Crippen LogP contribution is -2.60. The number of amides is 3. The minimum Gasteiger partial charge on any atom is -0.481 e. The van der Waals surface area contributed by atoms with Crippen LogP contribution in [-0.2, 0) is 42.8 Å². The minimum absolute atomic E-state index is 0.0109. The van der Waals surface area contributed by atoms with Crippen molar-refractivity contribution >= 4 is 35.1 Å². The molecule has 0 spiro atoms. The molecule has 0 aliphatic heterocycles. The number of aryl methyl sites for hydroxylation is 2. The van der Waals surface area contributed by atoms with Crippen molar-refractivity contribution in [3.8, 4) is 0 Å². The van der Waals surface area contributed by atoms with Gasteiger partial charge in [0.1, 0.15) is 0 Å². The van der Waals surface area contributed by atoms with Crippen molar-refractivity contribution in [3.05, 3.63) is 58.7 Å². The summed E-state index contributed by atoms with van der Waals surface area (Å²) in [6.45, 7) is 8.63. The van der Waals surface area contributed by atoms with Crippen molar-refractivity contribution in [2.45, 2.75) is 122 Å². The molecule has 1 unspecified atom stereocenters. The Kier molecular flexibility index (Phi) is 8.76. The molecule has 0 bridgehead atoms. The van der Waals surface area contributed by atoms with Gasteiger partial charge in [0, 0.05) is 17.8 Å². The number of nitrogens with two attached hydrogens (primary N) is 2. The highest BCUT2D eigenvalue weighted by molar-refractivity contribution is 6.01. The summed E-state index contributed by atoms with van der Waals surface area (Å²) in [5.74, 6) is -1.61. The highest BCUT2D eigenvalue weighted by Crippen LogP contribution is 2.59. The second kappa shape index (κ2) is 12.3. The molecule has 0 saturated heterocycles. The predicted octanol–water partition coefficient (Wildman–Crippen LogP) is 5.76. The molecule has 9 heteroatoms. The number of rotatable bonds is 7. The van der Waals surface area contributed by atoms with Gasteiger partial charge in [-0.2, -0.15) is 0 Å². The van der Waals surface area contributed by atoms with Crippen LogP contribution in [0.5, 0.6) is 0 Å². The molecule has 2 fully saturated rings. The highest BCUT2D eigenvalue weighted by atomic mass is 16.4. The van der Waals surface area contributed by atoms with E-state index in [1.54, 1.807) is 0 Å². The van der Waals surface area contributed by atoms with E-state index in [0.29, 0.717) is 12.1 Å². The van der Waals surface area contributed by atoms with Crippen molar-refractivity contribution in [3.63, 3.8) is 0 Å². The van der Waals surface area contributed by atoms with Crippen molar-refractivity contribution < 1.29 is 24.3 Å². The zero-order chi connectivity index (χ0) is 34.6. The largest absolute Gasteiger partial charge is 0.481 e. The molecule has 258 valence electrons. The van der Waals surface area contributed by atoms with E-state index in [-0.39, 0.29) is 47.3 Å². The molecule has 6 rings (SSSR count). The van der Waals surface area contributed by atoms with E-state index in [0.717, 1.165) is 69.0 Å². The van der Waals surface area contributed by atoms with Gasteiger partial charge in [-0.1, -0.05) is 52.7 Å². The maximum Gasteiger partial charge on any atom is 0.303 e. The summed E-state index contributed by atoms with van der Waals surface area (Å²) in [7, 11) is 0. The summed E-state index contributed by atoms with van der Waals surface area (Å²) in [5, 5.41) is 14.9. The Bertz CT molecular complexity index is 1660. The summed E-state index contributed by atoms with van der Waals surface area (Å²) in [6, 6.07) is 11.2. The van der Waals surface area contributed by atoms with Gasteiger partial charge in [0.25, 0.3) is 0 Å². The Hall–Kier alpha value is -3.72. The van der Waals surface area contributed by atoms with Crippen LogP contribution >= 0.6 is 0 Å². The number of carbonyl (C=O) groups is 4. The number of hydrogen-bond donors (Lipinski definition) is 5. The Morgan fingerprint density at radius 2 is 1.33 bits per heavy atom. The van der Waals surface area contributed by atoms with Crippen LogP contribution < -0.4 is 22.1 Å². The number of hydrogen-bond acceptors (Lipinski definition) is 6. The zero-order valence-corrected chi connectivity index (χ0v) is 28.9. The van der Waals surface area contributed by atoms with Crippen molar-refractivity contribution in [1.82, 2.24) is 5.32 Å². The van der Waals surface area contributed by atoms with Gasteiger partial charge in [0.15, 0.2) is 0 Å². The lowest BCUT2D eigenvalue weighted by atomic mass is 9.49. The number of benzene rings is 2. The smallest absolute Gasteiger partial charge is 0.303 e. The molecule has 0 aromatic heterocycles. The van der Waals surface area contributed by atoms with E-state index in [1.165, 1.54) is 16.7 Å². The minimum atomic E-state index is -0.992. The van der Waals surface area contributed by atoms with Crippen LogP contribution in [0.1, 0.15) is 114 Å². The molecule has 3 amide bonds. The lowest BCUT2D eigenvalue weighted by Gasteiger charge is -2.56. The van der Waals surface area contributed by atoms with Gasteiger partial charge in [0.2, 0.25) is 17.7 Å². The molecular weight excluding hydrogens is 604 g/mol. The van der Waals surface area contributed by atoms with Crippen molar-refractivity contribution in [1.29, 1.82) is 0 Å². The van der Waals surface area contributed by atoms with Crippen molar-refractivity contribution in [2.24, 2.45) is 28.4 Å². The van der Waals surface area contributed by atoms with Gasteiger partial charge in [-0.3, -0.25) is 24.5 Å². The molecule has 48 heavy (non-hydrogen) atoms. The van der Waals surface area contributed by atoms with Crippen LogP contribution in [0.2, 0.25) is 0 Å². The summed E-state index contributed by atoms with van der Waals surface area (Å²) in [4.78, 5) is 52.5. The van der Waals surface area contributed by atoms with Gasteiger partial charge in [-0.15, -0.1) is 0 Å². The third kappa shape index (κ3) is 5.61. The third-order valence-corrected chi connectivity index (χ3v) is 13.3. The molecule has 2 saturated carbocycles. The van der Waals surface area contributed by atoms with Crippen LogP contribution in [0.15, 0.2) is 36.4 Å². The average Bonchev–Trinajstić information content (AvgIpc) is 3.03. The first-order chi connectivity index (χ1) is 22.6. The highest BCUT2D eigenvalue weighted by Gasteiger charge is 2.58. The van der Waals surface area contributed by atoms with Crippen LogP contribution in [0.25, 0.3) is 0 Å². The van der Waals surface area contributed by atoms with E-state index >= 15 is 0 Å². The number of aliphatic carboxylic acids is 1. The maximum atomic E-state index is 14.4. The topological polar surface area (TPSA) is 165 Å². The predicted molar refractivity (Wildman–Crippen MR) is 186 cm³/mol. The first-order valence-corrected chi connectivity index (χ1v) is 17.8. The van der Waals surface area contributed by atoms with Gasteiger partial charge < -0.3 is 21.9 Å². The number of carboxylic acids is 1. The molecule has 2 aromatic carbocycles. The first-order valence-electron chi connectivity index (χ1n) is 17.8. The quantitative estimate of drug-likeness (QED) is 0.187. The monoisotopic (exact) mass is 656 g/mol. The molecule has 4 aliphatic rings. The molecule has 0 radical (unpaired) electrons. The van der Waals surface area contributed by atoms with Gasteiger partial charge in [-0.05, 0) is 127 Å². The van der Waals surface area contributed by atoms with Crippen LogP contribution in [-0.4, -0.2) is 34.8 Å². The number of nitrogens with one attached hydrogen (secondary N) is 2. The summed E-state index contributed by atoms with van der Waals surface area (Å²) in [5.41, 5.74) is 16.6. The van der Waals surface area contributed by atoms with E-state index in [9.17, 15) is 19.2 Å². The summed E-state index contributed by atoms with van der Waals surface area (Å²) >= 11 is 0. The standard InChI is InChI=1S/C39H52N4O5/c1-36-17-5-19-38(3,30(36)14-9-23-7-11-25(40)21-27(23)36)34(47)43-35(48)39(4)20-6-18-37(2)28-22-26(12-8-24(28)10-15-31(37)39)42-33(46)29(41)13-16-32(44)45/h7-8,11-12,21-22,29-31H,5-6,9-10,13-20,40-41H2,1-4H3,(H,42,46)(H,44,45)(H,43,47,48)/t29-,30+,31?,36+,37+,38-,39-/m0/s1. The van der Waals surface area contributed by atoms with E-state index in [1.807, 2.05) is 31.2 Å². The Balaban J connectivity index is 1.22. The third-order valence-electron chi connectivity index (χ3n) is 13.3. The number of imide groups is 1. The Morgan fingerprint density at radius 1 is 0.812 bits per heavy atom. The van der Waals surface area contributed by atoms with Crippen molar-refractivity contribution in [2.75, 3.05) is 11.1 Å². The number of fused-ring (bicyclic) bond motifs is 6. The number of nitrogen functional groups attached to an aromatic ring is 1. The zero-order valence-electron chi connectivity index (χ0n) is 28.9. The number of anilines is 2. The van der Waals surface area contributed by atoms with Crippen LogP contribution in [0.3, 0.4) is 0 Å². The fourth-order valence-electron chi connectivity index (χ4n) is 10.6. The molecule has 0 heterocycles. The molecular formula is C39H52N4O5. The average molecular weight is 657 g/mol. The van der Waals surface area contributed by atoms with E-state index in [2.05, 4.69) is 43.5 Å². The summed E-state index contributed by atoms with van der Waals surface area (Å²) < 4.78 is 0. The number of carbonyl (C=O) groups excluding carboxylic acids is 3. The Morgan fingerprint density at radius 3 is 1.88 bits per heavy atom. The molecule has 2 aromatic rings. The van der Waals surface area contributed by atoms with E-state index in [4.69, 9.17) is 16.6 Å². The fraction of sp³-hybridized carbons (Fsp3) is 0.590. The molecule has 4 aliphatic carbocycles. The normalized spacial score (nSPS) is 32.8. The second-order valence-corrected chi connectivity index (χ2v) is 16.2. The molecule has 7 N–H and O–H groups in total. The first kappa shape index (κ1) is 34.2. The summed E-state index contributed by atoms with van der Waals surface area (Å²) in [6.07, 6.45) is 8.45.